The molecule has 0 amide bonds. The van der Waals surface area contributed by atoms with Crippen molar-refractivity contribution in [2.24, 2.45) is 0 Å². The minimum absolute atomic E-state index is 0.137. The summed E-state index contributed by atoms with van der Waals surface area (Å²) in [5, 5.41) is 8.74. The molecule has 0 aliphatic heterocycles. The van der Waals surface area contributed by atoms with E-state index in [9.17, 15) is 0 Å². The lowest BCUT2D eigenvalue weighted by atomic mass is 10.1. The van der Waals surface area contributed by atoms with Crippen LogP contribution in [-0.4, -0.2) is 11.7 Å². The van der Waals surface area contributed by atoms with E-state index in [0.717, 1.165) is 44.9 Å². The second kappa shape index (κ2) is 19.5. The zero-order chi connectivity index (χ0) is 30.5. The third-order valence-electron chi connectivity index (χ3n) is 2.74. The molecular formula is C20H38O. The highest BCUT2D eigenvalue weighted by Gasteiger charge is 1.91. The van der Waals surface area contributed by atoms with Crippen LogP contribution in [0, 0.1) is 11.8 Å². The minimum Gasteiger partial charge on any atom is -0.396 e. The molecule has 0 radical (unpaired) electrons. The van der Waals surface area contributed by atoms with Gasteiger partial charge in [-0.15, -0.1) is 11.8 Å². The maximum Gasteiger partial charge on any atom is 0.0431 e. The van der Waals surface area contributed by atoms with Crippen LogP contribution in [-0.2, 0) is 0 Å². The van der Waals surface area contributed by atoms with Crippen LogP contribution < -0.4 is 0 Å². The van der Waals surface area contributed by atoms with E-state index in [-0.39, 0.29) is 13.0 Å². The Kier molecular flexibility index (Phi) is 5.45. The van der Waals surface area contributed by atoms with Crippen LogP contribution in [0.25, 0.3) is 0 Å². The Morgan fingerprint density at radius 1 is 0.762 bits per heavy atom. The molecule has 0 aliphatic rings. The van der Waals surface area contributed by atoms with Gasteiger partial charge >= 0.3 is 0 Å². The first kappa shape index (κ1) is 5.86. The van der Waals surface area contributed by atoms with E-state index in [1.54, 1.807) is 0 Å². The summed E-state index contributed by atoms with van der Waals surface area (Å²) in [7, 11) is 0. The quantitative estimate of drug-likeness (QED) is 0.280. The maximum atomic E-state index is 8.74. The zero-order valence-electron chi connectivity index (χ0n) is 29.5. The maximum absolute atomic E-state index is 8.74. The van der Waals surface area contributed by atoms with Crippen molar-refractivity contribution < 1.29 is 28.4 Å². The molecule has 0 rings (SSSR count). The van der Waals surface area contributed by atoms with Gasteiger partial charge in [-0.25, -0.2) is 0 Å². The van der Waals surface area contributed by atoms with Gasteiger partial charge in [0.05, 0.1) is 0 Å². The van der Waals surface area contributed by atoms with E-state index >= 15 is 0 Å². The summed E-state index contributed by atoms with van der Waals surface area (Å²) < 4.78 is 133. The first-order valence-electron chi connectivity index (χ1n) is 15.9. The average molecular weight is 312 g/mol. The van der Waals surface area contributed by atoms with Gasteiger partial charge in [0.15, 0.2) is 0 Å². The molecule has 0 aromatic carbocycles. The highest BCUT2D eigenvalue weighted by molar-refractivity contribution is 4.98. The minimum atomic E-state index is -4.28. The van der Waals surface area contributed by atoms with Crippen molar-refractivity contribution >= 4 is 0 Å². The molecule has 0 atom stereocenters. The van der Waals surface area contributed by atoms with Crippen molar-refractivity contribution in [3.05, 3.63) is 0 Å². The second-order valence-corrected chi connectivity index (χ2v) is 4.48. The van der Waals surface area contributed by atoms with Crippen LogP contribution in [0.4, 0.5) is 0 Å². The molecule has 124 valence electrons. The summed E-state index contributed by atoms with van der Waals surface area (Å²) in [4.78, 5) is 0. The molecule has 0 saturated carbocycles. The van der Waals surface area contributed by atoms with Crippen LogP contribution in [0.15, 0.2) is 0 Å². The first-order chi connectivity index (χ1) is 16.8. The fourth-order valence-electron chi connectivity index (χ4n) is 1.68. The molecule has 0 aromatic heterocycles. The number of unbranched alkanes of at least 4 members (excludes halogenated alkanes) is 8. The molecular weight excluding hydrogens is 256 g/mol. The van der Waals surface area contributed by atoms with Crippen molar-refractivity contribution in [2.45, 2.75) is 109 Å². The molecule has 0 saturated heterocycles. The molecule has 1 nitrogen and oxygen atoms in total. The largest absolute Gasteiger partial charge is 0.396 e. The van der Waals surface area contributed by atoms with Crippen molar-refractivity contribution in [1.82, 2.24) is 0 Å². The Morgan fingerprint density at radius 3 is 2.10 bits per heavy atom. The molecule has 0 aromatic rings. The topological polar surface area (TPSA) is 20.2 Å². The predicted octanol–water partition coefficient (Wildman–Crippen LogP) is 6.24. The highest BCUT2D eigenvalue weighted by atomic mass is 16.2. The normalized spacial score (nSPS) is 27.8. The summed E-state index contributed by atoms with van der Waals surface area (Å²) in [5.74, 6) is 4.35. The van der Waals surface area contributed by atoms with E-state index in [0.29, 0.717) is 6.42 Å². The van der Waals surface area contributed by atoms with Crippen LogP contribution in [0.1, 0.15) is 133 Å². The number of aliphatic hydroxyl groups is 1. The van der Waals surface area contributed by atoms with Gasteiger partial charge in [0.1, 0.15) is 0 Å². The van der Waals surface area contributed by atoms with E-state index in [2.05, 4.69) is 5.92 Å². The lowest BCUT2D eigenvalue weighted by molar-refractivity contribution is 0.282. The van der Waals surface area contributed by atoms with Crippen LogP contribution in [0.3, 0.4) is 0 Å². The first-order valence-corrected chi connectivity index (χ1v) is 7.42. The fourth-order valence-corrected chi connectivity index (χ4v) is 1.68. The number of hydrogen-bond donors (Lipinski definition) is 1. The van der Waals surface area contributed by atoms with Gasteiger partial charge in [-0.05, 0) is 19.2 Å². The Labute approximate surface area is 157 Å². The van der Waals surface area contributed by atoms with Crippen LogP contribution in [0.5, 0.6) is 0 Å². The summed E-state index contributed by atoms with van der Waals surface area (Å²) in [6.45, 7) is -3.62. The predicted molar refractivity (Wildman–Crippen MR) is 94.4 cm³/mol. The van der Waals surface area contributed by atoms with Gasteiger partial charge in [-0.2, -0.15) is 0 Å². The van der Waals surface area contributed by atoms with Crippen LogP contribution >= 0.6 is 0 Å². The molecule has 0 bridgehead atoms. The highest BCUT2D eigenvalue weighted by Crippen LogP contribution is 2.09. The summed E-state index contributed by atoms with van der Waals surface area (Å²) in [6.07, 6.45) is -21.1. The summed E-state index contributed by atoms with van der Waals surface area (Å²) >= 11 is 0. The van der Waals surface area contributed by atoms with Crippen molar-refractivity contribution in [1.29, 1.82) is 0 Å². The fraction of sp³-hybridized carbons (Fsp3) is 0.900. The average Bonchev–Trinajstić information content (AvgIpc) is 2.75. The van der Waals surface area contributed by atoms with Crippen molar-refractivity contribution in [2.75, 3.05) is 6.61 Å². The van der Waals surface area contributed by atoms with E-state index in [1.807, 2.05) is 5.92 Å². The molecule has 1 N–H and O–H groups in total. The molecule has 0 unspecified atom stereocenters. The van der Waals surface area contributed by atoms with Gasteiger partial charge in [0.2, 0.25) is 0 Å². The van der Waals surface area contributed by atoms with Gasteiger partial charge < -0.3 is 5.11 Å². The SMILES string of the molecule is [2H]C([2H])([2H])C([2H])([2H])C([2H])([2H])C([2H])([2H])C([2H])([2H])C([2H])([2H])C([2H])([2H])C([2H])([2H])C#CCCCCCCCCCCO. The molecule has 21 heavy (non-hydrogen) atoms. The Balaban J connectivity index is 5.69. The number of rotatable bonds is 15. The standard InChI is InChI=1S/C20H38O/c1-2-3-4-5-6-7-8-9-10-11-12-13-14-15-16-17-18-19-20-21/h21H,2-8,11-20H2,1H3/i1D3,2D2,3D2,4D2,5D2,6D2,7D2,8D2. The molecule has 1 heteroatoms. The summed E-state index contributed by atoms with van der Waals surface area (Å²) in [6, 6.07) is 0. The lowest BCUT2D eigenvalue weighted by Crippen LogP contribution is -1.84. The van der Waals surface area contributed by atoms with Gasteiger partial charge in [-0.3, -0.25) is 0 Å². The zero-order valence-corrected chi connectivity index (χ0v) is 12.5. The number of aliphatic hydroxyl groups excluding tert-OH is 1. The molecule has 0 fully saturated rings. The van der Waals surface area contributed by atoms with Gasteiger partial charge in [-0.1, -0.05) is 77.2 Å². The Hall–Kier alpha value is -0.480. The summed E-state index contributed by atoms with van der Waals surface area (Å²) in [5.41, 5.74) is 0. The third kappa shape index (κ3) is 19.5. The molecule has 0 aliphatic carbocycles. The third-order valence-corrected chi connectivity index (χ3v) is 2.74. The van der Waals surface area contributed by atoms with Gasteiger partial charge in [0, 0.05) is 42.7 Å². The smallest absolute Gasteiger partial charge is 0.0431 e. The lowest BCUT2D eigenvalue weighted by Gasteiger charge is -2.00. The van der Waals surface area contributed by atoms with Gasteiger partial charge in [0.25, 0.3) is 0 Å². The second-order valence-electron chi connectivity index (χ2n) is 4.48. The van der Waals surface area contributed by atoms with Crippen molar-refractivity contribution in [3.8, 4) is 11.8 Å². The monoisotopic (exact) mass is 311 g/mol. The van der Waals surface area contributed by atoms with E-state index in [4.69, 9.17) is 28.4 Å². The Bertz CT molecular complexity index is 805. The molecule has 0 heterocycles. The molecule has 0 spiro atoms. The van der Waals surface area contributed by atoms with Crippen molar-refractivity contribution in [3.63, 3.8) is 0 Å². The van der Waals surface area contributed by atoms with E-state index in [1.165, 1.54) is 0 Å². The Morgan fingerprint density at radius 2 is 1.38 bits per heavy atom. The van der Waals surface area contributed by atoms with E-state index < -0.39 is 51.5 Å². The van der Waals surface area contributed by atoms with Crippen LogP contribution in [0.2, 0.25) is 0 Å². The number of hydrogen-bond acceptors (Lipinski definition) is 1.